The number of aryl methyl sites for hydroxylation is 2. The third-order valence-electron chi connectivity index (χ3n) is 4.37. The molecular formula is C18H16N2O2S. The zero-order valence-electron chi connectivity index (χ0n) is 12.9. The second-order valence-corrected chi connectivity index (χ2v) is 7.09. The van der Waals surface area contributed by atoms with Crippen molar-refractivity contribution in [3.63, 3.8) is 0 Å². The Balaban J connectivity index is 1.77. The highest BCUT2D eigenvalue weighted by molar-refractivity contribution is 8.01. The fraction of sp³-hybridized carbons (Fsp3) is 0.222. The molecule has 23 heavy (non-hydrogen) atoms. The molecule has 0 aromatic heterocycles. The molecule has 0 aliphatic carbocycles. The van der Waals surface area contributed by atoms with E-state index in [1.807, 2.05) is 56.3 Å². The van der Waals surface area contributed by atoms with Crippen LogP contribution in [0.25, 0.3) is 0 Å². The Labute approximate surface area is 138 Å². The van der Waals surface area contributed by atoms with Crippen LogP contribution in [0.4, 0.5) is 11.4 Å². The highest BCUT2D eigenvalue weighted by atomic mass is 32.2. The van der Waals surface area contributed by atoms with Gasteiger partial charge in [0.2, 0.25) is 5.91 Å². The first-order valence-electron chi connectivity index (χ1n) is 7.54. The van der Waals surface area contributed by atoms with Crippen LogP contribution < -0.4 is 10.2 Å². The number of nitrogens with one attached hydrogen (secondary N) is 1. The monoisotopic (exact) mass is 324 g/mol. The lowest BCUT2D eigenvalue weighted by Gasteiger charge is -2.25. The lowest BCUT2D eigenvalue weighted by molar-refractivity contribution is -0.121. The molecule has 2 heterocycles. The van der Waals surface area contributed by atoms with Crippen molar-refractivity contribution in [2.45, 2.75) is 30.0 Å². The molecule has 0 unspecified atom stereocenters. The summed E-state index contributed by atoms with van der Waals surface area (Å²) >= 11 is 1.48. The fourth-order valence-corrected chi connectivity index (χ4v) is 4.49. The summed E-state index contributed by atoms with van der Waals surface area (Å²) < 4.78 is 0. The van der Waals surface area contributed by atoms with Crippen LogP contribution >= 0.6 is 11.8 Å². The Hall–Kier alpha value is -2.27. The van der Waals surface area contributed by atoms with Crippen molar-refractivity contribution < 1.29 is 9.59 Å². The fourth-order valence-electron chi connectivity index (χ4n) is 3.27. The van der Waals surface area contributed by atoms with Crippen LogP contribution in [0.3, 0.4) is 0 Å². The number of carbonyl (C=O) groups is 2. The minimum atomic E-state index is -0.499. The van der Waals surface area contributed by atoms with Gasteiger partial charge in [0.1, 0.15) is 11.3 Å². The van der Waals surface area contributed by atoms with E-state index in [0.29, 0.717) is 0 Å². The molecule has 5 heteroatoms. The molecule has 1 saturated heterocycles. The second-order valence-electron chi connectivity index (χ2n) is 5.91. The van der Waals surface area contributed by atoms with Gasteiger partial charge in [-0.15, -0.1) is 11.8 Å². The van der Waals surface area contributed by atoms with Crippen molar-refractivity contribution in [2.24, 2.45) is 0 Å². The van der Waals surface area contributed by atoms with Gasteiger partial charge < -0.3 is 5.32 Å². The van der Waals surface area contributed by atoms with E-state index in [-0.39, 0.29) is 11.8 Å². The number of hydrogen-bond acceptors (Lipinski definition) is 4. The van der Waals surface area contributed by atoms with Gasteiger partial charge in [-0.3, -0.25) is 9.59 Å². The molecular weight excluding hydrogens is 308 g/mol. The van der Waals surface area contributed by atoms with Gasteiger partial charge in [0.15, 0.2) is 0 Å². The number of carbonyl (C=O) groups excluding carboxylic acids is 2. The van der Waals surface area contributed by atoms with E-state index < -0.39 is 11.3 Å². The van der Waals surface area contributed by atoms with Gasteiger partial charge in [-0.1, -0.05) is 30.3 Å². The number of anilines is 2. The summed E-state index contributed by atoms with van der Waals surface area (Å²) in [4.78, 5) is 28.2. The van der Waals surface area contributed by atoms with Crippen molar-refractivity contribution >= 4 is 35.0 Å². The molecule has 0 saturated carbocycles. The number of para-hydroxylation sites is 2. The average molecular weight is 324 g/mol. The number of nitrogens with zero attached hydrogens (tertiary/aromatic N) is 1. The van der Waals surface area contributed by atoms with Crippen molar-refractivity contribution in [1.82, 2.24) is 0 Å². The summed E-state index contributed by atoms with van der Waals surface area (Å²) in [6.45, 7) is 3.86. The summed E-state index contributed by atoms with van der Waals surface area (Å²) in [5.41, 5.74) is 3.52. The maximum Gasteiger partial charge on any atom is 0.258 e. The van der Waals surface area contributed by atoms with E-state index in [4.69, 9.17) is 0 Å². The summed E-state index contributed by atoms with van der Waals surface area (Å²) in [5, 5.41) is 2.84. The molecule has 2 atom stereocenters. The van der Waals surface area contributed by atoms with Gasteiger partial charge in [-0.05, 0) is 37.1 Å². The van der Waals surface area contributed by atoms with Crippen LogP contribution in [0.5, 0.6) is 0 Å². The van der Waals surface area contributed by atoms with Gasteiger partial charge in [-0.25, -0.2) is 4.90 Å². The SMILES string of the molecule is Cc1cccc(C)c1N1C(=O)[C@H]2Nc3ccccc3S[C@H]2C1=O. The van der Waals surface area contributed by atoms with E-state index in [2.05, 4.69) is 5.32 Å². The number of benzene rings is 2. The molecule has 2 amide bonds. The molecule has 0 bridgehead atoms. The number of amides is 2. The standard InChI is InChI=1S/C18H16N2O2S/c1-10-6-5-7-11(2)15(10)20-17(21)14-16(18(20)22)23-13-9-4-3-8-12(13)19-14/h3-9,14,16,19H,1-2H3/t14-,16+/m0/s1. The largest absolute Gasteiger partial charge is 0.371 e. The molecule has 1 N–H and O–H groups in total. The second kappa shape index (κ2) is 5.13. The van der Waals surface area contributed by atoms with Crippen LogP contribution in [-0.2, 0) is 9.59 Å². The third kappa shape index (κ3) is 2.07. The number of thioether (sulfide) groups is 1. The summed E-state index contributed by atoms with van der Waals surface area (Å²) in [6, 6.07) is 13.1. The Bertz CT molecular complexity index is 770. The first-order chi connectivity index (χ1) is 11.1. The van der Waals surface area contributed by atoms with Gasteiger partial charge in [-0.2, -0.15) is 0 Å². The predicted molar refractivity (Wildman–Crippen MR) is 91.9 cm³/mol. The molecule has 0 spiro atoms. The number of imide groups is 1. The van der Waals surface area contributed by atoms with Crippen LogP contribution in [-0.4, -0.2) is 23.1 Å². The lowest BCUT2D eigenvalue weighted by atomic mass is 10.1. The first-order valence-corrected chi connectivity index (χ1v) is 8.42. The lowest BCUT2D eigenvalue weighted by Crippen LogP contribution is -2.38. The van der Waals surface area contributed by atoms with Crippen molar-refractivity contribution in [2.75, 3.05) is 10.2 Å². The molecule has 1 fully saturated rings. The minimum Gasteiger partial charge on any atom is -0.371 e. The van der Waals surface area contributed by atoms with Gasteiger partial charge in [0, 0.05) is 10.6 Å². The molecule has 2 aliphatic heterocycles. The van der Waals surface area contributed by atoms with Crippen molar-refractivity contribution in [3.05, 3.63) is 53.6 Å². The van der Waals surface area contributed by atoms with E-state index >= 15 is 0 Å². The van der Waals surface area contributed by atoms with E-state index in [1.54, 1.807) is 0 Å². The van der Waals surface area contributed by atoms with Gasteiger partial charge in [0.05, 0.1) is 5.69 Å². The van der Waals surface area contributed by atoms with Crippen LogP contribution in [0.1, 0.15) is 11.1 Å². The van der Waals surface area contributed by atoms with Crippen LogP contribution in [0.2, 0.25) is 0 Å². The van der Waals surface area contributed by atoms with Crippen LogP contribution in [0, 0.1) is 13.8 Å². The Morgan fingerprint density at radius 2 is 1.65 bits per heavy atom. The zero-order valence-corrected chi connectivity index (χ0v) is 13.7. The maximum absolute atomic E-state index is 12.9. The summed E-state index contributed by atoms with van der Waals surface area (Å²) in [7, 11) is 0. The Morgan fingerprint density at radius 1 is 0.957 bits per heavy atom. The van der Waals surface area contributed by atoms with E-state index in [9.17, 15) is 9.59 Å². The highest BCUT2D eigenvalue weighted by Crippen LogP contribution is 2.43. The first kappa shape index (κ1) is 14.3. The molecule has 4 nitrogen and oxygen atoms in total. The third-order valence-corrected chi connectivity index (χ3v) is 5.71. The highest BCUT2D eigenvalue weighted by Gasteiger charge is 2.51. The topological polar surface area (TPSA) is 49.4 Å². The molecule has 2 aliphatic rings. The van der Waals surface area contributed by atoms with Gasteiger partial charge >= 0.3 is 0 Å². The normalized spacial score (nSPS) is 22.6. The van der Waals surface area contributed by atoms with E-state index in [0.717, 1.165) is 27.4 Å². The summed E-state index contributed by atoms with van der Waals surface area (Å²) in [6.07, 6.45) is 0. The van der Waals surface area contributed by atoms with Crippen molar-refractivity contribution in [1.29, 1.82) is 0 Å². The number of fused-ring (bicyclic) bond motifs is 2. The molecule has 2 aromatic carbocycles. The zero-order chi connectivity index (χ0) is 16.1. The number of rotatable bonds is 1. The summed E-state index contributed by atoms with van der Waals surface area (Å²) in [5.74, 6) is -0.302. The average Bonchev–Trinajstić information content (AvgIpc) is 2.78. The Kier molecular flexibility index (Phi) is 3.20. The Morgan fingerprint density at radius 3 is 2.39 bits per heavy atom. The minimum absolute atomic E-state index is 0.135. The molecule has 0 radical (unpaired) electrons. The quantitative estimate of drug-likeness (QED) is 0.819. The molecule has 116 valence electrons. The maximum atomic E-state index is 12.9. The predicted octanol–water partition coefficient (Wildman–Crippen LogP) is 3.13. The van der Waals surface area contributed by atoms with Crippen LogP contribution in [0.15, 0.2) is 47.4 Å². The molecule has 4 rings (SSSR count). The smallest absolute Gasteiger partial charge is 0.258 e. The number of hydrogen-bond donors (Lipinski definition) is 1. The molecule has 2 aromatic rings. The van der Waals surface area contributed by atoms with Crippen molar-refractivity contribution in [3.8, 4) is 0 Å². The van der Waals surface area contributed by atoms with E-state index in [1.165, 1.54) is 16.7 Å². The van der Waals surface area contributed by atoms with Gasteiger partial charge in [0.25, 0.3) is 5.91 Å².